The molecular weight excluding hydrogens is 373 g/mol. The first-order valence-corrected chi connectivity index (χ1v) is 9.15. The van der Waals surface area contributed by atoms with Crippen LogP contribution < -0.4 is 10.2 Å². The molecule has 2 heterocycles. The van der Waals surface area contributed by atoms with E-state index in [2.05, 4.69) is 10.4 Å². The van der Waals surface area contributed by atoms with E-state index in [0.29, 0.717) is 25.3 Å². The molecule has 1 N–H and O–H groups in total. The topological polar surface area (TPSA) is 67.2 Å². The first-order valence-electron chi connectivity index (χ1n) is 9.15. The lowest BCUT2D eigenvalue weighted by Gasteiger charge is -2.19. The van der Waals surface area contributed by atoms with Crippen molar-refractivity contribution in [1.82, 2.24) is 9.78 Å². The highest BCUT2D eigenvalue weighted by molar-refractivity contribution is 6.05. The number of carbonyl (C=O) groups excluding carboxylic acids is 2. The molecule has 1 aliphatic heterocycles. The molecule has 0 atom stereocenters. The van der Waals surface area contributed by atoms with Gasteiger partial charge in [0.05, 0.1) is 11.8 Å². The summed E-state index contributed by atoms with van der Waals surface area (Å²) in [5.74, 6) is -0.518. The molecule has 0 aliphatic carbocycles. The van der Waals surface area contributed by atoms with E-state index < -0.39 is 17.6 Å². The maximum absolute atomic E-state index is 13.3. The van der Waals surface area contributed by atoms with Crippen LogP contribution in [0.25, 0.3) is 0 Å². The number of hydrogen-bond acceptors (Lipinski definition) is 3. The van der Waals surface area contributed by atoms with Crippen LogP contribution in [0.1, 0.15) is 48.5 Å². The van der Waals surface area contributed by atoms with Crippen LogP contribution in [0.5, 0.6) is 0 Å². The number of aryl methyl sites for hydroxylation is 1. The number of unbranched alkanes of at least 4 members (excludes halogenated alkanes) is 1. The molecule has 3 rings (SSSR count). The first-order chi connectivity index (χ1) is 13.3. The van der Waals surface area contributed by atoms with Gasteiger partial charge in [-0.05, 0) is 31.0 Å². The third kappa shape index (κ3) is 4.35. The van der Waals surface area contributed by atoms with Gasteiger partial charge in [-0.2, -0.15) is 18.3 Å². The zero-order valence-electron chi connectivity index (χ0n) is 15.4. The highest BCUT2D eigenvalue weighted by Crippen LogP contribution is 2.34. The Labute approximate surface area is 160 Å². The fourth-order valence-electron chi connectivity index (χ4n) is 3.10. The predicted octanol–water partition coefficient (Wildman–Crippen LogP) is 4.08. The van der Waals surface area contributed by atoms with Gasteiger partial charge >= 0.3 is 6.18 Å². The lowest BCUT2D eigenvalue weighted by molar-refractivity contribution is -0.137. The molecule has 1 aromatic carbocycles. The molecule has 0 spiro atoms. The maximum atomic E-state index is 13.3. The molecule has 9 heteroatoms. The number of aromatic nitrogens is 2. The van der Waals surface area contributed by atoms with E-state index in [1.54, 1.807) is 10.7 Å². The summed E-state index contributed by atoms with van der Waals surface area (Å²) in [5.41, 5.74) is -1.04. The van der Waals surface area contributed by atoms with Gasteiger partial charge in [-0.3, -0.25) is 9.59 Å². The summed E-state index contributed by atoms with van der Waals surface area (Å²) < 4.78 is 41.6. The molecule has 150 valence electrons. The molecule has 6 nitrogen and oxygen atoms in total. The average Bonchev–Trinajstić information content (AvgIpc) is 3.27. The second-order valence-corrected chi connectivity index (χ2v) is 6.66. The Morgan fingerprint density at radius 3 is 2.71 bits per heavy atom. The van der Waals surface area contributed by atoms with Crippen LogP contribution in [0.15, 0.2) is 30.5 Å². The van der Waals surface area contributed by atoms with Crippen LogP contribution in [0.2, 0.25) is 0 Å². The molecule has 1 saturated heterocycles. The fourth-order valence-corrected chi connectivity index (χ4v) is 3.10. The van der Waals surface area contributed by atoms with Crippen LogP contribution >= 0.6 is 0 Å². The van der Waals surface area contributed by atoms with E-state index in [1.165, 1.54) is 17.2 Å². The Hall–Kier alpha value is -2.84. The highest BCUT2D eigenvalue weighted by Gasteiger charge is 2.33. The molecule has 0 radical (unpaired) electrons. The van der Waals surface area contributed by atoms with Crippen LogP contribution in [0, 0.1) is 0 Å². The number of nitrogens with zero attached hydrogens (tertiary/aromatic N) is 3. The minimum Gasteiger partial charge on any atom is -0.312 e. The molecular formula is C19H21F3N4O2. The number of alkyl halides is 3. The van der Waals surface area contributed by atoms with E-state index in [4.69, 9.17) is 0 Å². The summed E-state index contributed by atoms with van der Waals surface area (Å²) in [6, 6.07) is 4.62. The fraction of sp³-hybridized carbons (Fsp3) is 0.421. The van der Waals surface area contributed by atoms with Gasteiger partial charge in [-0.1, -0.05) is 13.3 Å². The van der Waals surface area contributed by atoms with Gasteiger partial charge in [0.2, 0.25) is 5.91 Å². The van der Waals surface area contributed by atoms with Crippen molar-refractivity contribution in [2.24, 2.45) is 0 Å². The van der Waals surface area contributed by atoms with Crippen molar-refractivity contribution in [3.05, 3.63) is 41.6 Å². The van der Waals surface area contributed by atoms with Gasteiger partial charge in [0, 0.05) is 36.8 Å². The van der Waals surface area contributed by atoms with E-state index in [9.17, 15) is 22.8 Å². The second kappa shape index (κ2) is 8.04. The summed E-state index contributed by atoms with van der Waals surface area (Å²) in [5, 5.41) is 6.73. The van der Waals surface area contributed by atoms with E-state index in [-0.39, 0.29) is 23.6 Å². The van der Waals surface area contributed by atoms with Crippen LogP contribution in [0.3, 0.4) is 0 Å². The van der Waals surface area contributed by atoms with Crippen molar-refractivity contribution in [1.29, 1.82) is 0 Å². The second-order valence-electron chi connectivity index (χ2n) is 6.66. The molecule has 1 fully saturated rings. The van der Waals surface area contributed by atoms with E-state index in [0.717, 1.165) is 25.0 Å². The van der Waals surface area contributed by atoms with Crippen molar-refractivity contribution in [3.8, 4) is 0 Å². The Bertz CT molecular complexity index is 876. The summed E-state index contributed by atoms with van der Waals surface area (Å²) in [6.45, 7) is 2.95. The molecule has 2 aromatic rings. The van der Waals surface area contributed by atoms with Gasteiger partial charge in [-0.15, -0.1) is 0 Å². The molecule has 0 unspecified atom stereocenters. The quantitative estimate of drug-likeness (QED) is 0.803. The maximum Gasteiger partial charge on any atom is 0.416 e. The number of nitrogens with one attached hydrogen (secondary N) is 1. The molecule has 1 aliphatic rings. The van der Waals surface area contributed by atoms with Crippen LogP contribution in [-0.2, 0) is 17.5 Å². The Kier molecular flexibility index (Phi) is 5.71. The number of rotatable bonds is 6. The average molecular weight is 394 g/mol. The van der Waals surface area contributed by atoms with E-state index >= 15 is 0 Å². The van der Waals surface area contributed by atoms with Gasteiger partial charge in [-0.25, -0.2) is 4.68 Å². The number of anilines is 2. The lowest BCUT2D eigenvalue weighted by atomic mass is 10.1. The minimum absolute atomic E-state index is 0.0852. The Morgan fingerprint density at radius 2 is 2.07 bits per heavy atom. The third-order valence-electron chi connectivity index (χ3n) is 4.57. The predicted molar refractivity (Wildman–Crippen MR) is 98.1 cm³/mol. The standard InChI is InChI=1S/C19H21F3N4O2/c1-2-3-9-26-16(6-7-23-26)24-18(28)13-10-14(19(20,21)22)12-15(11-13)25-8-4-5-17(25)27/h6-7,10-12H,2-5,8-9H2,1H3,(H,24,28). The van der Waals surface area contributed by atoms with Crippen LogP contribution in [0.4, 0.5) is 24.7 Å². The van der Waals surface area contributed by atoms with Gasteiger partial charge in [0.15, 0.2) is 0 Å². The number of hydrogen-bond donors (Lipinski definition) is 1. The number of carbonyl (C=O) groups is 2. The first kappa shape index (κ1) is 19.9. The van der Waals surface area contributed by atoms with Crippen LogP contribution in [-0.4, -0.2) is 28.1 Å². The SMILES string of the molecule is CCCCn1nccc1NC(=O)c1cc(N2CCCC2=O)cc(C(F)(F)F)c1. The zero-order chi connectivity index (χ0) is 20.3. The van der Waals surface area contributed by atoms with Crippen molar-refractivity contribution in [2.45, 2.75) is 45.3 Å². The van der Waals surface area contributed by atoms with Gasteiger partial charge in [0.1, 0.15) is 5.82 Å². The highest BCUT2D eigenvalue weighted by atomic mass is 19.4. The van der Waals surface area contributed by atoms with Crippen molar-refractivity contribution in [3.63, 3.8) is 0 Å². The Balaban J connectivity index is 1.91. The van der Waals surface area contributed by atoms with Crippen molar-refractivity contribution < 1.29 is 22.8 Å². The van der Waals surface area contributed by atoms with E-state index in [1.807, 2.05) is 6.92 Å². The largest absolute Gasteiger partial charge is 0.416 e. The smallest absolute Gasteiger partial charge is 0.312 e. The minimum atomic E-state index is -4.63. The third-order valence-corrected chi connectivity index (χ3v) is 4.57. The summed E-state index contributed by atoms with van der Waals surface area (Å²) >= 11 is 0. The number of benzene rings is 1. The molecule has 0 bridgehead atoms. The number of halogens is 3. The molecule has 1 aromatic heterocycles. The summed E-state index contributed by atoms with van der Waals surface area (Å²) in [4.78, 5) is 25.9. The normalized spacial score (nSPS) is 14.6. The lowest BCUT2D eigenvalue weighted by Crippen LogP contribution is -2.25. The zero-order valence-corrected chi connectivity index (χ0v) is 15.4. The summed E-state index contributed by atoms with van der Waals surface area (Å²) in [6.07, 6.45) is -0.451. The number of amides is 2. The molecule has 0 saturated carbocycles. The summed E-state index contributed by atoms with van der Waals surface area (Å²) in [7, 11) is 0. The molecule has 2 amide bonds. The Morgan fingerprint density at radius 1 is 1.29 bits per heavy atom. The van der Waals surface area contributed by atoms with Gasteiger partial charge < -0.3 is 10.2 Å². The molecule has 28 heavy (non-hydrogen) atoms. The monoisotopic (exact) mass is 394 g/mol. The van der Waals surface area contributed by atoms with Crippen molar-refractivity contribution in [2.75, 3.05) is 16.8 Å². The van der Waals surface area contributed by atoms with Crippen molar-refractivity contribution >= 4 is 23.3 Å². The van der Waals surface area contributed by atoms with Gasteiger partial charge in [0.25, 0.3) is 5.91 Å².